The first-order valence-corrected chi connectivity index (χ1v) is 8.22. The van der Waals surface area contributed by atoms with Crippen molar-refractivity contribution in [2.24, 2.45) is 5.92 Å². The van der Waals surface area contributed by atoms with Crippen LogP contribution in [0.3, 0.4) is 0 Å². The highest BCUT2D eigenvalue weighted by atomic mass is 19.4. The van der Waals surface area contributed by atoms with E-state index in [1.807, 2.05) is 6.92 Å². The summed E-state index contributed by atoms with van der Waals surface area (Å²) in [5, 5.41) is 12.5. The van der Waals surface area contributed by atoms with Crippen LogP contribution in [-0.2, 0) is 11.0 Å². The Morgan fingerprint density at radius 1 is 1.22 bits per heavy atom. The van der Waals surface area contributed by atoms with E-state index in [1.54, 1.807) is 0 Å². The Bertz CT molecular complexity index is 848. The number of rotatable bonds is 3. The van der Waals surface area contributed by atoms with Crippen molar-refractivity contribution in [2.45, 2.75) is 32.0 Å². The molecule has 1 saturated heterocycles. The second-order valence-corrected chi connectivity index (χ2v) is 6.42. The van der Waals surface area contributed by atoms with Crippen LogP contribution in [0.5, 0.6) is 0 Å². The van der Waals surface area contributed by atoms with Crippen LogP contribution in [0.4, 0.5) is 13.2 Å². The molecular formula is C17H16F3N3O4. The number of aliphatic carboxylic acids is 1. The molecule has 1 aromatic carbocycles. The van der Waals surface area contributed by atoms with E-state index in [-0.39, 0.29) is 29.9 Å². The van der Waals surface area contributed by atoms with Gasteiger partial charge in [-0.15, -0.1) is 0 Å². The minimum atomic E-state index is -4.73. The van der Waals surface area contributed by atoms with Crippen molar-refractivity contribution in [1.82, 2.24) is 15.0 Å². The molecule has 3 rings (SSSR count). The number of alkyl halides is 3. The molecule has 0 spiro atoms. The van der Waals surface area contributed by atoms with Crippen LogP contribution in [-0.4, -0.2) is 44.6 Å². The number of carboxylic acid groups (broad SMARTS) is 1. The van der Waals surface area contributed by atoms with Gasteiger partial charge in [0.15, 0.2) is 0 Å². The molecule has 1 aromatic heterocycles. The summed E-state index contributed by atoms with van der Waals surface area (Å²) in [6.45, 7) is 1.97. The third-order valence-corrected chi connectivity index (χ3v) is 4.55. The molecule has 144 valence electrons. The third-order valence-electron chi connectivity index (χ3n) is 4.55. The molecule has 2 unspecified atom stereocenters. The van der Waals surface area contributed by atoms with Crippen LogP contribution >= 0.6 is 0 Å². The first-order valence-electron chi connectivity index (χ1n) is 8.22. The zero-order valence-corrected chi connectivity index (χ0v) is 14.2. The van der Waals surface area contributed by atoms with Crippen LogP contribution in [0.1, 0.15) is 36.0 Å². The summed E-state index contributed by atoms with van der Waals surface area (Å²) in [5.74, 6) is -3.56. The highest BCUT2D eigenvalue weighted by Crippen LogP contribution is 2.30. The molecule has 7 nitrogen and oxygen atoms in total. The molecule has 2 aromatic rings. The van der Waals surface area contributed by atoms with Gasteiger partial charge in [-0.1, -0.05) is 17.3 Å². The van der Waals surface area contributed by atoms with Crippen molar-refractivity contribution in [3.63, 3.8) is 0 Å². The summed E-state index contributed by atoms with van der Waals surface area (Å²) in [7, 11) is 0. The van der Waals surface area contributed by atoms with Gasteiger partial charge >= 0.3 is 18.0 Å². The second-order valence-electron chi connectivity index (χ2n) is 6.42. The first-order chi connectivity index (χ1) is 12.7. The van der Waals surface area contributed by atoms with Gasteiger partial charge in [0, 0.05) is 23.7 Å². The van der Waals surface area contributed by atoms with Crippen molar-refractivity contribution in [3.05, 3.63) is 35.7 Å². The van der Waals surface area contributed by atoms with Crippen molar-refractivity contribution in [2.75, 3.05) is 6.54 Å². The largest absolute Gasteiger partial charge is 0.481 e. The molecule has 1 N–H and O–H groups in total. The van der Waals surface area contributed by atoms with Crippen molar-refractivity contribution in [1.29, 1.82) is 0 Å². The number of amides is 1. The number of carbonyl (C=O) groups excluding carboxylic acids is 1. The molecule has 0 aliphatic carbocycles. The summed E-state index contributed by atoms with van der Waals surface area (Å²) in [5.41, 5.74) is 0.567. The van der Waals surface area contributed by atoms with E-state index < -0.39 is 24.0 Å². The van der Waals surface area contributed by atoms with Crippen LogP contribution in [0.2, 0.25) is 0 Å². The van der Waals surface area contributed by atoms with E-state index in [2.05, 4.69) is 14.7 Å². The predicted octanol–water partition coefficient (Wildman–Crippen LogP) is 3.08. The van der Waals surface area contributed by atoms with Gasteiger partial charge in [-0.2, -0.15) is 18.2 Å². The molecule has 0 radical (unpaired) electrons. The van der Waals surface area contributed by atoms with E-state index in [0.717, 1.165) is 0 Å². The zero-order chi connectivity index (χ0) is 19.8. The van der Waals surface area contributed by atoms with Crippen LogP contribution in [0.25, 0.3) is 11.4 Å². The Labute approximate surface area is 151 Å². The Hall–Kier alpha value is -2.91. The molecule has 0 saturated carbocycles. The maximum absolute atomic E-state index is 12.7. The number of nitrogens with zero attached hydrogens (tertiary/aromatic N) is 3. The summed E-state index contributed by atoms with van der Waals surface area (Å²) in [4.78, 5) is 28.7. The Morgan fingerprint density at radius 3 is 2.44 bits per heavy atom. The fourth-order valence-corrected chi connectivity index (χ4v) is 2.98. The molecule has 2 heterocycles. The number of aromatic nitrogens is 2. The lowest BCUT2D eigenvalue weighted by Crippen LogP contribution is -2.47. The predicted molar refractivity (Wildman–Crippen MR) is 85.6 cm³/mol. The van der Waals surface area contributed by atoms with Crippen molar-refractivity contribution in [3.8, 4) is 11.4 Å². The molecule has 2 atom stereocenters. The van der Waals surface area contributed by atoms with Gasteiger partial charge < -0.3 is 14.5 Å². The molecule has 1 aliphatic heterocycles. The first kappa shape index (κ1) is 18.9. The van der Waals surface area contributed by atoms with Gasteiger partial charge in [0.2, 0.25) is 5.82 Å². The normalized spacial score (nSPS) is 20.5. The lowest BCUT2D eigenvalue weighted by molar-refractivity contribution is -0.159. The number of carbonyl (C=O) groups is 2. The highest BCUT2D eigenvalue weighted by molar-refractivity contribution is 5.95. The van der Waals surface area contributed by atoms with E-state index >= 15 is 0 Å². The number of piperidine rings is 1. The second kappa shape index (κ2) is 7.01. The van der Waals surface area contributed by atoms with Crippen LogP contribution in [0, 0.1) is 5.92 Å². The van der Waals surface area contributed by atoms with E-state index in [9.17, 15) is 27.9 Å². The molecule has 10 heteroatoms. The summed E-state index contributed by atoms with van der Waals surface area (Å²) in [6, 6.07) is 5.62. The average molecular weight is 383 g/mol. The topological polar surface area (TPSA) is 96.5 Å². The molecule has 1 fully saturated rings. The maximum atomic E-state index is 12.7. The van der Waals surface area contributed by atoms with Gasteiger partial charge in [-0.25, -0.2) is 0 Å². The summed E-state index contributed by atoms with van der Waals surface area (Å²) >= 11 is 0. The number of carboxylic acids is 1. The smallest absolute Gasteiger partial charge is 0.471 e. The Balaban J connectivity index is 1.77. The lowest BCUT2D eigenvalue weighted by Gasteiger charge is -2.36. The monoisotopic (exact) mass is 383 g/mol. The van der Waals surface area contributed by atoms with Gasteiger partial charge in [-0.3, -0.25) is 9.59 Å². The van der Waals surface area contributed by atoms with E-state index in [4.69, 9.17) is 0 Å². The minimum Gasteiger partial charge on any atom is -0.481 e. The molecule has 1 aliphatic rings. The van der Waals surface area contributed by atoms with E-state index in [1.165, 1.54) is 29.2 Å². The van der Waals surface area contributed by atoms with Crippen LogP contribution < -0.4 is 0 Å². The summed E-state index contributed by atoms with van der Waals surface area (Å²) in [6.07, 6.45) is -3.63. The van der Waals surface area contributed by atoms with Gasteiger partial charge in [-0.05, 0) is 31.9 Å². The van der Waals surface area contributed by atoms with Crippen LogP contribution in [0.15, 0.2) is 28.8 Å². The Kier molecular flexibility index (Phi) is 4.90. The fourth-order valence-electron chi connectivity index (χ4n) is 2.98. The number of halogens is 3. The maximum Gasteiger partial charge on any atom is 0.471 e. The quantitative estimate of drug-likeness (QED) is 0.875. The minimum absolute atomic E-state index is 0.0978. The number of likely N-dealkylation sites (tertiary alicyclic amines) is 1. The van der Waals surface area contributed by atoms with Gasteiger partial charge in [0.25, 0.3) is 5.91 Å². The standard InChI is InChI=1S/C17H16F3N3O4/c1-9-2-3-12(15(25)26)8-23(9)14(24)11-6-4-10(5-7-11)13-21-16(27-22-13)17(18,19)20/h4-7,9,12H,2-3,8H2,1H3,(H,25,26). The van der Waals surface area contributed by atoms with Gasteiger partial charge in [0.1, 0.15) is 0 Å². The zero-order valence-electron chi connectivity index (χ0n) is 14.2. The SMILES string of the molecule is CC1CCC(C(=O)O)CN1C(=O)c1ccc(-c2noc(C(F)(F)F)n2)cc1. The average Bonchev–Trinajstić information content (AvgIpc) is 3.12. The van der Waals surface area contributed by atoms with E-state index in [0.29, 0.717) is 18.4 Å². The fraction of sp³-hybridized carbons (Fsp3) is 0.412. The molecule has 27 heavy (non-hydrogen) atoms. The summed E-state index contributed by atoms with van der Waals surface area (Å²) < 4.78 is 41.8. The van der Waals surface area contributed by atoms with Crippen molar-refractivity contribution < 1.29 is 32.4 Å². The highest BCUT2D eigenvalue weighted by Gasteiger charge is 2.38. The lowest BCUT2D eigenvalue weighted by atomic mass is 9.93. The number of hydrogen-bond donors (Lipinski definition) is 1. The third kappa shape index (κ3) is 3.93. The Morgan fingerprint density at radius 2 is 1.89 bits per heavy atom. The van der Waals surface area contributed by atoms with Crippen molar-refractivity contribution >= 4 is 11.9 Å². The molecular weight excluding hydrogens is 367 g/mol. The van der Waals surface area contributed by atoms with Gasteiger partial charge in [0.05, 0.1) is 5.92 Å². The molecule has 1 amide bonds. The molecule has 0 bridgehead atoms. The number of hydrogen-bond acceptors (Lipinski definition) is 5. The number of benzene rings is 1.